The molecule has 8 heteroatoms. The summed E-state index contributed by atoms with van der Waals surface area (Å²) in [5, 5.41) is 14.6. The molecule has 0 spiro atoms. The Morgan fingerprint density at radius 1 is 0.400 bits per heavy atom. The van der Waals surface area contributed by atoms with Crippen LogP contribution in [0.25, 0.3) is 77.2 Å². The predicted molar refractivity (Wildman–Crippen MR) is 368 cm³/mol. The first-order valence-corrected chi connectivity index (χ1v) is 49.8. The molecule has 0 aliphatic carbocycles. The zero-order valence-corrected chi connectivity index (χ0v) is 59.3. The molecule has 0 fully saturated rings. The molecule has 0 saturated heterocycles. The summed E-state index contributed by atoms with van der Waals surface area (Å²) < 4.78 is 0. The summed E-state index contributed by atoms with van der Waals surface area (Å²) in [4.78, 5) is 0. The molecule has 0 amide bonds. The number of benzene rings is 8. The van der Waals surface area contributed by atoms with E-state index in [1.165, 1.54) is 98.7 Å². The number of hydrogen-bond acceptors (Lipinski definition) is 0. The molecule has 410 valence electrons. The average Bonchev–Trinajstić information content (AvgIpc) is 4.18. The van der Waals surface area contributed by atoms with E-state index < -0.39 is 53.1 Å². The van der Waals surface area contributed by atoms with Gasteiger partial charge in [-0.2, -0.15) is 41.6 Å². The van der Waals surface area contributed by atoms with E-state index in [1.807, 2.05) is 6.07 Å². The van der Waals surface area contributed by atoms with Crippen LogP contribution >= 0.6 is 17.0 Å². The van der Waals surface area contributed by atoms with E-state index in [4.69, 9.17) is 17.0 Å². The quantitative estimate of drug-likeness (QED) is 0.0946. The normalized spacial score (nSPS) is 12.3. The first-order chi connectivity index (χ1) is 37.8. The second kappa shape index (κ2) is 25.6. The minimum atomic E-state index is -1.46. The summed E-state index contributed by atoms with van der Waals surface area (Å²) in [6, 6.07) is 74.1. The smallest absolute Gasteiger partial charge is 0.0920 e. The molecular weight excluding hydrogens is 1170 g/mol. The van der Waals surface area contributed by atoms with Crippen molar-refractivity contribution in [1.29, 1.82) is 0 Å². The van der Waals surface area contributed by atoms with Crippen molar-refractivity contribution in [2.45, 2.75) is 118 Å². The molecule has 0 bridgehead atoms. The molecule has 0 nitrogen and oxygen atoms in total. The van der Waals surface area contributed by atoms with Crippen LogP contribution in [-0.2, 0) is 20.8 Å². The van der Waals surface area contributed by atoms with Gasteiger partial charge in [-0.05, 0) is 45.2 Å². The van der Waals surface area contributed by atoms with E-state index in [2.05, 4.69) is 294 Å². The van der Waals surface area contributed by atoms with Crippen LogP contribution in [0.15, 0.2) is 188 Å². The van der Waals surface area contributed by atoms with Crippen molar-refractivity contribution in [3.63, 3.8) is 0 Å². The van der Waals surface area contributed by atoms with Crippen LogP contribution in [0.1, 0.15) is 50.7 Å². The molecule has 0 N–H and O–H groups in total. The van der Waals surface area contributed by atoms with Gasteiger partial charge < -0.3 is 0 Å². The fraction of sp³-hybridized carbons (Fsp3) is 0.250. The summed E-state index contributed by atoms with van der Waals surface area (Å²) in [6.07, 6.45) is 0. The maximum atomic E-state index is 4.93. The Balaban J connectivity index is 0.000000165. The summed E-state index contributed by atoms with van der Waals surface area (Å²) in [5.74, 6) is 1.06. The van der Waals surface area contributed by atoms with Gasteiger partial charge >= 0.3 is 37.9 Å². The molecule has 2 radical (unpaired) electrons. The van der Waals surface area contributed by atoms with Gasteiger partial charge in [-0.1, -0.05) is 282 Å². The maximum absolute atomic E-state index is 4.93. The van der Waals surface area contributed by atoms with Gasteiger partial charge in [-0.25, -0.2) is 0 Å². The SMILES string of the molecule is CC(C)c1cc2c(-c3cc([Si](C)(C)C)cc([Si](C)(C)C)c3)c(-c3ccccc3)ccc2[cH-]1.CC(C)c1cc2c(-c3cc([Si](C)(C)C)cc([Si](C)(C)C)c3)c(-c3ccccc3)ccc2[cH-]1.[Cl][Zr][Cl].[c-]1cccc2c1[Si]c1ccccc1-2. The molecule has 1 aliphatic heterocycles. The van der Waals surface area contributed by atoms with Crippen molar-refractivity contribution in [1.82, 2.24) is 0 Å². The van der Waals surface area contributed by atoms with Crippen molar-refractivity contribution < 1.29 is 20.8 Å². The van der Waals surface area contributed by atoms with Crippen LogP contribution in [0.3, 0.4) is 0 Å². The van der Waals surface area contributed by atoms with Gasteiger partial charge in [0.2, 0.25) is 0 Å². The molecule has 1 aliphatic rings. The first kappa shape index (κ1) is 61.6. The van der Waals surface area contributed by atoms with Crippen LogP contribution in [0, 0.1) is 6.07 Å². The van der Waals surface area contributed by atoms with E-state index in [0.29, 0.717) is 11.8 Å². The third kappa shape index (κ3) is 14.5. The molecule has 0 aromatic heterocycles. The van der Waals surface area contributed by atoms with E-state index in [9.17, 15) is 0 Å². The van der Waals surface area contributed by atoms with E-state index in [1.54, 1.807) is 20.7 Å². The molecule has 0 atom stereocenters. The number of hydrogen-bond donors (Lipinski definition) is 0. The average molecular weight is 1250 g/mol. The Kier molecular flexibility index (Phi) is 19.7. The van der Waals surface area contributed by atoms with Crippen molar-refractivity contribution >= 4 is 112 Å². The molecule has 80 heavy (non-hydrogen) atoms. The van der Waals surface area contributed by atoms with Crippen LogP contribution in [0.2, 0.25) is 78.6 Å². The minimum Gasteiger partial charge on any atom is -0.184 e. The zero-order valence-electron chi connectivity index (χ0n) is 50.3. The van der Waals surface area contributed by atoms with Crippen molar-refractivity contribution in [2.24, 2.45) is 0 Å². The second-order valence-corrected chi connectivity index (χ2v) is 51.7. The van der Waals surface area contributed by atoms with Gasteiger partial charge in [-0.15, -0.1) is 62.5 Å². The van der Waals surface area contributed by atoms with Crippen LogP contribution in [0.4, 0.5) is 0 Å². The molecule has 10 aromatic rings. The fourth-order valence-electron chi connectivity index (χ4n) is 10.6. The Morgan fingerprint density at radius 3 is 1.14 bits per heavy atom. The van der Waals surface area contributed by atoms with E-state index in [0.717, 1.165) is 9.52 Å². The summed E-state index contributed by atoms with van der Waals surface area (Å²) in [7, 11) is 4.81. The molecule has 0 unspecified atom stereocenters. The Bertz CT molecular complexity index is 3420. The molecule has 10 aromatic carbocycles. The molecular formula is C72H81Cl2Si5Zr-3. The van der Waals surface area contributed by atoms with Gasteiger partial charge in [-0.3, -0.25) is 0 Å². The molecule has 0 saturated carbocycles. The maximum Gasteiger partial charge on any atom is 0.0920 e. The van der Waals surface area contributed by atoms with Crippen molar-refractivity contribution in [2.75, 3.05) is 0 Å². The Hall–Kier alpha value is -4.47. The standard InChI is InChI=1S/2C30H37Si2.C12H7Si.2ClH.Zr/c2*1-21(2)24-16-23-14-15-28(22-12-10-9-11-13-22)30(29(23)19-24)25-17-26(31(3,4)5)20-27(18-25)32(6,7)8;1-3-7-11-9(5-1)10-6-2-4-8-12(10)13-11;;;/h2*9-21H,1-8H3;1-7H;2*1H;/q3*-1;;;+2/p-2. The van der Waals surface area contributed by atoms with Crippen LogP contribution < -0.4 is 31.1 Å². The fourth-order valence-corrected chi connectivity index (χ4v) is 16.9. The van der Waals surface area contributed by atoms with Crippen molar-refractivity contribution in [3.8, 4) is 55.6 Å². The third-order valence-electron chi connectivity index (χ3n) is 15.6. The number of rotatable bonds is 10. The van der Waals surface area contributed by atoms with Gasteiger partial charge in [0, 0.05) is 0 Å². The van der Waals surface area contributed by atoms with Gasteiger partial charge in [0.1, 0.15) is 0 Å². The van der Waals surface area contributed by atoms with Crippen LogP contribution in [0.5, 0.6) is 0 Å². The van der Waals surface area contributed by atoms with Crippen molar-refractivity contribution in [3.05, 3.63) is 205 Å². The second-order valence-electron chi connectivity index (χ2n) is 26.4. The summed E-state index contributed by atoms with van der Waals surface area (Å²) >= 11 is -0.826. The topological polar surface area (TPSA) is 0 Å². The van der Waals surface area contributed by atoms with Gasteiger partial charge in [0.05, 0.1) is 41.8 Å². The largest absolute Gasteiger partial charge is 0.184 e. The number of fused-ring (bicyclic) bond motifs is 5. The predicted octanol–water partition coefficient (Wildman–Crippen LogP) is 18.7. The number of halogens is 2. The zero-order chi connectivity index (χ0) is 57.9. The summed E-state index contributed by atoms with van der Waals surface area (Å²) in [5.41, 5.74) is 16.5. The van der Waals surface area contributed by atoms with E-state index in [-0.39, 0.29) is 0 Å². The Morgan fingerprint density at radius 2 is 0.762 bits per heavy atom. The first-order valence-electron chi connectivity index (χ1n) is 28.5. The molecule has 1 heterocycles. The monoisotopic (exact) mass is 1250 g/mol. The minimum absolute atomic E-state index is 0.529. The Labute approximate surface area is 506 Å². The summed E-state index contributed by atoms with van der Waals surface area (Å²) in [6.45, 7) is 38.8. The van der Waals surface area contributed by atoms with E-state index >= 15 is 0 Å². The van der Waals surface area contributed by atoms with Gasteiger partial charge in [0.25, 0.3) is 0 Å². The van der Waals surface area contributed by atoms with Gasteiger partial charge in [0.15, 0.2) is 0 Å². The molecule has 11 rings (SSSR count). The van der Waals surface area contributed by atoms with Crippen LogP contribution in [-0.4, -0.2) is 41.8 Å². The third-order valence-corrected chi connectivity index (χ3v) is 25.0.